The average Bonchev–Trinajstić information content (AvgIpc) is 3.95. The number of fused-ring (bicyclic) bond motifs is 16. The maximum Gasteiger partial charge on any atom is 0.0541 e. The van der Waals surface area contributed by atoms with E-state index in [1.807, 2.05) is 0 Å². The molecule has 13 aromatic carbocycles. The average molecular weight is 887 g/mol. The van der Waals surface area contributed by atoms with Crippen molar-refractivity contribution in [3.05, 3.63) is 255 Å². The van der Waals surface area contributed by atoms with E-state index in [1.54, 1.807) is 0 Å². The lowest BCUT2D eigenvalue weighted by Gasteiger charge is -2.18. The minimum atomic E-state index is 1.14. The number of rotatable bonds is 5. The molecule has 0 fully saturated rings. The van der Waals surface area contributed by atoms with Crippen molar-refractivity contribution in [3.63, 3.8) is 0 Å². The summed E-state index contributed by atoms with van der Waals surface area (Å²) >= 11 is 0. The van der Waals surface area contributed by atoms with Crippen molar-refractivity contribution in [2.45, 2.75) is 0 Å². The van der Waals surface area contributed by atoms with E-state index in [1.165, 1.54) is 131 Å². The van der Waals surface area contributed by atoms with Gasteiger partial charge < -0.3 is 9.13 Å². The summed E-state index contributed by atoms with van der Waals surface area (Å²) in [6.07, 6.45) is 0. The molecule has 15 aromatic rings. The molecule has 0 aliphatic rings. The van der Waals surface area contributed by atoms with Crippen LogP contribution in [0.3, 0.4) is 0 Å². The van der Waals surface area contributed by atoms with Crippen LogP contribution in [0.5, 0.6) is 0 Å². The van der Waals surface area contributed by atoms with E-state index in [9.17, 15) is 0 Å². The van der Waals surface area contributed by atoms with Gasteiger partial charge >= 0.3 is 0 Å². The predicted octanol–water partition coefficient (Wildman–Crippen LogP) is 18.6. The van der Waals surface area contributed by atoms with Gasteiger partial charge in [-0.3, -0.25) is 0 Å². The minimum Gasteiger partial charge on any atom is -0.309 e. The van der Waals surface area contributed by atoms with E-state index in [4.69, 9.17) is 0 Å². The van der Waals surface area contributed by atoms with Gasteiger partial charge in [-0.05, 0) is 154 Å². The molecule has 2 heteroatoms. The first kappa shape index (κ1) is 38.8. The molecule has 0 bridgehead atoms. The third-order valence-electron chi connectivity index (χ3n) is 15.0. The quantitative estimate of drug-likeness (QED) is 0.152. The van der Waals surface area contributed by atoms with Crippen LogP contribution in [0.1, 0.15) is 0 Å². The number of aromatic nitrogens is 2. The molecule has 0 radical (unpaired) electrons. The summed E-state index contributed by atoms with van der Waals surface area (Å²) in [6.45, 7) is 0. The van der Waals surface area contributed by atoms with E-state index >= 15 is 0 Å². The van der Waals surface area contributed by atoms with Crippen LogP contribution in [0, 0.1) is 0 Å². The van der Waals surface area contributed by atoms with E-state index in [2.05, 4.69) is 264 Å². The molecule has 2 nitrogen and oxygen atoms in total. The molecule has 15 rings (SSSR count). The lowest BCUT2D eigenvalue weighted by atomic mass is 9.85. The molecule has 0 unspecified atom stereocenters. The highest BCUT2D eigenvalue weighted by Crippen LogP contribution is 2.46. The number of hydrogen-bond acceptors (Lipinski definition) is 0. The van der Waals surface area contributed by atoms with Crippen molar-refractivity contribution in [3.8, 4) is 44.8 Å². The van der Waals surface area contributed by atoms with Crippen molar-refractivity contribution >= 4 is 97.5 Å². The van der Waals surface area contributed by atoms with E-state index in [0.717, 1.165) is 11.4 Å². The van der Waals surface area contributed by atoms with E-state index < -0.39 is 0 Å². The Morgan fingerprint density at radius 1 is 0.200 bits per heavy atom. The molecule has 0 aliphatic carbocycles. The van der Waals surface area contributed by atoms with Crippen LogP contribution in [0.4, 0.5) is 0 Å². The first-order valence-electron chi connectivity index (χ1n) is 24.2. The summed E-state index contributed by atoms with van der Waals surface area (Å²) in [4.78, 5) is 0. The van der Waals surface area contributed by atoms with Gasteiger partial charge in [0.1, 0.15) is 0 Å². The third-order valence-corrected chi connectivity index (χ3v) is 15.0. The molecule has 0 saturated carbocycles. The molecule has 0 atom stereocenters. The Hall–Kier alpha value is -9.24. The Bertz CT molecular complexity index is 4640. The summed E-state index contributed by atoms with van der Waals surface area (Å²) in [7, 11) is 0. The number of benzene rings is 13. The van der Waals surface area contributed by atoms with E-state index in [-0.39, 0.29) is 0 Å². The maximum atomic E-state index is 2.47. The van der Waals surface area contributed by atoms with Gasteiger partial charge in [-0.15, -0.1) is 0 Å². The fraction of sp³-hybridized carbons (Fsp3) is 0. The second kappa shape index (κ2) is 15.1. The Labute approximate surface area is 404 Å². The zero-order valence-electron chi connectivity index (χ0n) is 38.1. The molecule has 0 N–H and O–H groups in total. The molecule has 2 heterocycles. The van der Waals surface area contributed by atoms with Crippen LogP contribution in [0.2, 0.25) is 0 Å². The predicted molar refractivity (Wildman–Crippen MR) is 299 cm³/mol. The molecule has 0 aliphatic heterocycles. The Kier molecular flexibility index (Phi) is 8.39. The Balaban J connectivity index is 0.899. The van der Waals surface area contributed by atoms with Crippen molar-refractivity contribution < 1.29 is 0 Å². The van der Waals surface area contributed by atoms with Gasteiger partial charge in [-0.2, -0.15) is 0 Å². The largest absolute Gasteiger partial charge is 0.309 e. The fourth-order valence-electron chi connectivity index (χ4n) is 11.9. The van der Waals surface area contributed by atoms with Crippen molar-refractivity contribution in [1.29, 1.82) is 0 Å². The molecule has 0 amide bonds. The van der Waals surface area contributed by atoms with Crippen molar-refractivity contribution in [2.24, 2.45) is 0 Å². The summed E-state index contributed by atoms with van der Waals surface area (Å²) < 4.78 is 4.87. The SMILES string of the molecule is c1ccc(-c2cccc(-n3c4ccccc4c4cc(-c5ccc6c(c5)c5ccccc5n6-c5cccc(-c6cc7c8ccccc8c8ccccc8c7c7c6ccc6ccccc67)c5)ccc43)c2)cc1. The maximum absolute atomic E-state index is 2.47. The van der Waals surface area contributed by atoms with Gasteiger partial charge in [0, 0.05) is 32.9 Å². The molecule has 2 aromatic heterocycles. The lowest BCUT2D eigenvalue weighted by molar-refractivity contribution is 1.18. The molecule has 0 saturated heterocycles. The second-order valence-electron chi connectivity index (χ2n) is 18.8. The van der Waals surface area contributed by atoms with Crippen LogP contribution < -0.4 is 0 Å². The van der Waals surface area contributed by atoms with Gasteiger partial charge in [0.2, 0.25) is 0 Å². The third kappa shape index (κ3) is 5.74. The molecular formula is C68H42N2. The van der Waals surface area contributed by atoms with Gasteiger partial charge in [0.25, 0.3) is 0 Å². The fourth-order valence-corrected chi connectivity index (χ4v) is 11.9. The second-order valence-corrected chi connectivity index (χ2v) is 18.8. The van der Waals surface area contributed by atoms with Gasteiger partial charge in [-0.25, -0.2) is 0 Å². The van der Waals surface area contributed by atoms with Crippen molar-refractivity contribution in [2.75, 3.05) is 0 Å². The first-order chi connectivity index (χ1) is 34.7. The monoisotopic (exact) mass is 886 g/mol. The summed E-state index contributed by atoms with van der Waals surface area (Å²) in [6, 6.07) is 94.3. The van der Waals surface area contributed by atoms with Crippen LogP contribution in [-0.2, 0) is 0 Å². The molecule has 70 heavy (non-hydrogen) atoms. The van der Waals surface area contributed by atoms with Crippen LogP contribution in [0.25, 0.3) is 142 Å². The van der Waals surface area contributed by atoms with E-state index in [0.29, 0.717) is 0 Å². The highest BCUT2D eigenvalue weighted by molar-refractivity contribution is 6.36. The summed E-state index contributed by atoms with van der Waals surface area (Å²) in [5.74, 6) is 0. The zero-order chi connectivity index (χ0) is 45.9. The molecule has 0 spiro atoms. The summed E-state index contributed by atoms with van der Waals surface area (Å²) in [5.41, 5.74) is 14.3. The van der Waals surface area contributed by atoms with Crippen LogP contribution >= 0.6 is 0 Å². The topological polar surface area (TPSA) is 9.86 Å². The Morgan fingerprint density at radius 2 is 0.643 bits per heavy atom. The summed E-state index contributed by atoms with van der Waals surface area (Å²) in [5, 5.41) is 17.8. The highest BCUT2D eigenvalue weighted by Gasteiger charge is 2.20. The number of para-hydroxylation sites is 2. The van der Waals surface area contributed by atoms with Crippen molar-refractivity contribution in [1.82, 2.24) is 9.13 Å². The van der Waals surface area contributed by atoms with Gasteiger partial charge in [-0.1, -0.05) is 188 Å². The van der Waals surface area contributed by atoms with Gasteiger partial charge in [0.15, 0.2) is 0 Å². The van der Waals surface area contributed by atoms with Gasteiger partial charge in [0.05, 0.1) is 22.1 Å². The van der Waals surface area contributed by atoms with Crippen LogP contribution in [-0.4, -0.2) is 9.13 Å². The van der Waals surface area contributed by atoms with Crippen LogP contribution in [0.15, 0.2) is 255 Å². The zero-order valence-corrected chi connectivity index (χ0v) is 38.1. The standard InChI is InChI=1S/C68H42N2/c1-2-16-43(17-3-1)45-19-14-21-49(38-45)69-63-30-12-10-27-55(63)60-40-46(33-36-65(60)69)47-34-37-66-61(41-47)56-28-11-13-31-64(56)70(66)50-22-15-20-48(39-50)59-42-62-54-26-7-6-24-52(54)53-25-8-9-29-57(53)68(62)67-51-23-5-4-18-44(51)32-35-58(59)67/h1-42H. The smallest absolute Gasteiger partial charge is 0.0541 e. The normalized spacial score (nSPS) is 12.0. The first-order valence-corrected chi connectivity index (χ1v) is 24.2. The number of nitrogens with zero attached hydrogens (tertiary/aromatic N) is 2. The number of hydrogen-bond donors (Lipinski definition) is 0. The lowest BCUT2D eigenvalue weighted by Crippen LogP contribution is -1.95. The molecule has 324 valence electrons. The minimum absolute atomic E-state index is 1.14. The molecular weight excluding hydrogens is 845 g/mol. The highest BCUT2D eigenvalue weighted by atomic mass is 15.0. The Morgan fingerprint density at radius 3 is 1.29 bits per heavy atom.